The van der Waals surface area contributed by atoms with Gasteiger partial charge < -0.3 is 4.74 Å². The number of rotatable bonds is 7. The number of hydrogen-bond donors (Lipinski definition) is 0. The fourth-order valence-electron chi connectivity index (χ4n) is 1.23. The minimum atomic E-state index is -0.412. The molecule has 0 aromatic rings. The normalized spacial score (nSPS) is 10.9. The molecule has 3 heteroatoms. The minimum Gasteiger partial charge on any atom is -0.463 e. The Kier molecular flexibility index (Phi) is 8.46. The molecule has 3 nitrogen and oxygen atoms in total. The van der Waals surface area contributed by atoms with Crippen LogP contribution in [-0.4, -0.2) is 12.6 Å². The summed E-state index contributed by atoms with van der Waals surface area (Å²) < 4.78 is 4.74. The van der Waals surface area contributed by atoms with Crippen LogP contribution in [0.3, 0.4) is 0 Å². The van der Waals surface area contributed by atoms with E-state index in [4.69, 9.17) is 10.00 Å². The molecule has 0 saturated heterocycles. The fraction of sp³-hybridized carbons (Fsp3) is 0.667. The first kappa shape index (κ1) is 13.7. The Morgan fingerprint density at radius 2 is 2.07 bits per heavy atom. The lowest BCUT2D eigenvalue weighted by Crippen LogP contribution is -2.00. The highest BCUT2D eigenvalue weighted by Crippen LogP contribution is 2.09. The Balaban J connectivity index is 3.91. The van der Waals surface area contributed by atoms with Gasteiger partial charge in [0.2, 0.25) is 0 Å². The standard InChI is InChI=1S/C12H19NO2/c1-3-5-6-7-8-11(10-13)9-12(14)15-4-2/h9H,3-8H2,1-2H3/b11-9-. The van der Waals surface area contributed by atoms with E-state index in [0.29, 0.717) is 18.6 Å². The third kappa shape index (κ3) is 7.75. The second-order valence-corrected chi connectivity index (χ2v) is 3.34. The number of nitriles is 1. The smallest absolute Gasteiger partial charge is 0.331 e. The largest absolute Gasteiger partial charge is 0.463 e. The van der Waals surface area contributed by atoms with Crippen molar-refractivity contribution in [3.63, 3.8) is 0 Å². The summed E-state index contributed by atoms with van der Waals surface area (Å²) in [6.45, 7) is 4.24. The number of esters is 1. The van der Waals surface area contributed by atoms with E-state index in [-0.39, 0.29) is 0 Å². The van der Waals surface area contributed by atoms with Gasteiger partial charge in [-0.15, -0.1) is 0 Å². The average molecular weight is 209 g/mol. The molecule has 0 spiro atoms. The van der Waals surface area contributed by atoms with Crippen LogP contribution in [0.4, 0.5) is 0 Å². The van der Waals surface area contributed by atoms with Gasteiger partial charge in [-0.3, -0.25) is 0 Å². The Labute approximate surface area is 91.7 Å². The fourth-order valence-corrected chi connectivity index (χ4v) is 1.23. The molecule has 0 bridgehead atoms. The van der Waals surface area contributed by atoms with Crippen LogP contribution in [0.1, 0.15) is 46.0 Å². The third-order valence-electron chi connectivity index (χ3n) is 2.02. The molecular formula is C12H19NO2. The second kappa shape index (κ2) is 9.26. The molecule has 0 aromatic carbocycles. The molecule has 0 N–H and O–H groups in total. The summed E-state index contributed by atoms with van der Waals surface area (Å²) in [5.74, 6) is -0.412. The van der Waals surface area contributed by atoms with Crippen molar-refractivity contribution in [2.75, 3.05) is 6.61 Å². The minimum absolute atomic E-state index is 0.351. The number of carbonyl (C=O) groups is 1. The summed E-state index contributed by atoms with van der Waals surface area (Å²) >= 11 is 0. The van der Waals surface area contributed by atoms with Crippen LogP contribution in [0.5, 0.6) is 0 Å². The van der Waals surface area contributed by atoms with Gasteiger partial charge in [0, 0.05) is 11.6 Å². The summed E-state index contributed by atoms with van der Waals surface area (Å²) in [4.78, 5) is 11.1. The van der Waals surface area contributed by atoms with Gasteiger partial charge in [-0.25, -0.2) is 4.79 Å². The van der Waals surface area contributed by atoms with Gasteiger partial charge >= 0.3 is 5.97 Å². The van der Waals surface area contributed by atoms with E-state index in [1.165, 1.54) is 18.9 Å². The Hall–Kier alpha value is -1.30. The van der Waals surface area contributed by atoms with E-state index in [2.05, 4.69) is 6.92 Å². The highest BCUT2D eigenvalue weighted by atomic mass is 16.5. The maximum atomic E-state index is 11.1. The van der Waals surface area contributed by atoms with Crippen molar-refractivity contribution in [3.05, 3.63) is 11.6 Å². The number of unbranched alkanes of at least 4 members (excludes halogenated alkanes) is 3. The van der Waals surface area contributed by atoms with Crippen molar-refractivity contribution in [2.24, 2.45) is 0 Å². The van der Waals surface area contributed by atoms with Crippen LogP contribution < -0.4 is 0 Å². The first-order valence-electron chi connectivity index (χ1n) is 5.52. The lowest BCUT2D eigenvalue weighted by atomic mass is 10.1. The number of nitrogens with zero attached hydrogens (tertiary/aromatic N) is 1. The number of ether oxygens (including phenoxy) is 1. The zero-order chi connectivity index (χ0) is 11.5. The molecule has 0 amide bonds. The number of carbonyl (C=O) groups excluding carboxylic acids is 1. The van der Waals surface area contributed by atoms with Crippen molar-refractivity contribution in [2.45, 2.75) is 46.0 Å². The van der Waals surface area contributed by atoms with E-state index >= 15 is 0 Å². The molecule has 0 saturated carbocycles. The molecule has 0 aliphatic heterocycles. The van der Waals surface area contributed by atoms with Crippen LogP contribution in [0.2, 0.25) is 0 Å². The van der Waals surface area contributed by atoms with Crippen LogP contribution in [0, 0.1) is 11.3 Å². The predicted octanol–water partition coefficient (Wildman–Crippen LogP) is 2.97. The van der Waals surface area contributed by atoms with E-state index in [1.807, 2.05) is 6.07 Å². The van der Waals surface area contributed by atoms with Gasteiger partial charge in [0.05, 0.1) is 12.7 Å². The average Bonchev–Trinajstić information content (AvgIpc) is 2.23. The molecule has 0 aliphatic carbocycles. The molecule has 0 rings (SSSR count). The van der Waals surface area contributed by atoms with Gasteiger partial charge in [-0.05, 0) is 19.8 Å². The molecule has 0 aliphatic rings. The Bertz CT molecular complexity index is 251. The number of hydrogen-bond acceptors (Lipinski definition) is 3. The summed E-state index contributed by atoms with van der Waals surface area (Å²) in [7, 11) is 0. The quantitative estimate of drug-likeness (QED) is 0.280. The van der Waals surface area contributed by atoms with Gasteiger partial charge in [0.1, 0.15) is 0 Å². The maximum absolute atomic E-state index is 11.1. The SMILES string of the molecule is CCCCCC/C(C#N)=C/C(=O)OCC. The van der Waals surface area contributed by atoms with Crippen molar-refractivity contribution < 1.29 is 9.53 Å². The predicted molar refractivity (Wildman–Crippen MR) is 59.1 cm³/mol. The molecule has 0 heterocycles. The third-order valence-corrected chi connectivity index (χ3v) is 2.02. The topological polar surface area (TPSA) is 50.1 Å². The summed E-state index contributed by atoms with van der Waals surface area (Å²) in [6, 6.07) is 2.03. The van der Waals surface area contributed by atoms with Crippen molar-refractivity contribution in [1.29, 1.82) is 5.26 Å². The summed E-state index contributed by atoms with van der Waals surface area (Å²) in [5.41, 5.74) is 0.518. The first-order chi connectivity index (χ1) is 7.24. The Morgan fingerprint density at radius 3 is 2.60 bits per heavy atom. The highest BCUT2D eigenvalue weighted by molar-refractivity contribution is 5.83. The summed E-state index contributed by atoms with van der Waals surface area (Å²) in [5, 5.41) is 8.77. The molecule has 0 radical (unpaired) electrons. The monoisotopic (exact) mass is 209 g/mol. The molecule has 15 heavy (non-hydrogen) atoms. The van der Waals surface area contributed by atoms with Crippen LogP contribution >= 0.6 is 0 Å². The van der Waals surface area contributed by atoms with Crippen molar-refractivity contribution in [1.82, 2.24) is 0 Å². The molecule has 0 unspecified atom stereocenters. The van der Waals surface area contributed by atoms with Gasteiger partial charge in [-0.2, -0.15) is 5.26 Å². The second-order valence-electron chi connectivity index (χ2n) is 3.34. The summed E-state index contributed by atoms with van der Waals surface area (Å²) in [6.07, 6.45) is 6.40. The van der Waals surface area contributed by atoms with E-state index in [0.717, 1.165) is 12.8 Å². The van der Waals surface area contributed by atoms with Gasteiger partial charge in [0.15, 0.2) is 0 Å². The van der Waals surface area contributed by atoms with E-state index in [9.17, 15) is 4.79 Å². The zero-order valence-corrected chi connectivity index (χ0v) is 9.58. The maximum Gasteiger partial charge on any atom is 0.331 e. The van der Waals surface area contributed by atoms with Crippen LogP contribution in [-0.2, 0) is 9.53 Å². The number of allylic oxidation sites excluding steroid dienone is 1. The van der Waals surface area contributed by atoms with Crippen molar-refractivity contribution >= 4 is 5.97 Å². The first-order valence-corrected chi connectivity index (χ1v) is 5.52. The lowest BCUT2D eigenvalue weighted by molar-refractivity contribution is -0.137. The van der Waals surface area contributed by atoms with Gasteiger partial charge in [0.25, 0.3) is 0 Å². The zero-order valence-electron chi connectivity index (χ0n) is 9.58. The van der Waals surface area contributed by atoms with Crippen LogP contribution in [0.25, 0.3) is 0 Å². The highest BCUT2D eigenvalue weighted by Gasteiger charge is 2.01. The molecule has 0 atom stereocenters. The van der Waals surface area contributed by atoms with Crippen molar-refractivity contribution in [3.8, 4) is 6.07 Å². The van der Waals surface area contributed by atoms with Crippen LogP contribution in [0.15, 0.2) is 11.6 Å². The lowest BCUT2D eigenvalue weighted by Gasteiger charge is -1.99. The van der Waals surface area contributed by atoms with E-state index < -0.39 is 5.97 Å². The van der Waals surface area contributed by atoms with Gasteiger partial charge in [-0.1, -0.05) is 26.2 Å². The molecular weight excluding hydrogens is 190 g/mol. The van der Waals surface area contributed by atoms with E-state index in [1.54, 1.807) is 6.92 Å². The molecule has 0 fully saturated rings. The Morgan fingerprint density at radius 1 is 1.33 bits per heavy atom. The molecule has 84 valence electrons. The molecule has 0 aromatic heterocycles.